The summed E-state index contributed by atoms with van der Waals surface area (Å²) in [5, 5.41) is 0. The van der Waals surface area contributed by atoms with Crippen molar-refractivity contribution in [3.05, 3.63) is 60.2 Å². The molecular formula is C26H30N2O4. The van der Waals surface area contributed by atoms with Crippen LogP contribution in [0.15, 0.2) is 54.6 Å². The van der Waals surface area contributed by atoms with Gasteiger partial charge in [-0.25, -0.2) is 0 Å². The monoisotopic (exact) mass is 434 g/mol. The molecule has 0 aliphatic carbocycles. The van der Waals surface area contributed by atoms with Crippen LogP contribution in [0, 0.1) is 5.92 Å². The first-order valence-corrected chi connectivity index (χ1v) is 11.5. The minimum Gasteiger partial charge on any atom is -0.457 e. The normalized spacial score (nSPS) is 19.0. The highest BCUT2D eigenvalue weighted by Crippen LogP contribution is 2.25. The summed E-state index contributed by atoms with van der Waals surface area (Å²) in [7, 11) is 0. The molecule has 0 radical (unpaired) electrons. The quantitative estimate of drug-likeness (QED) is 0.610. The Bertz CT molecular complexity index is 942. The van der Waals surface area contributed by atoms with Crippen LogP contribution in [0.2, 0.25) is 0 Å². The molecule has 2 aromatic carbocycles. The van der Waals surface area contributed by atoms with Crippen molar-refractivity contribution >= 4 is 17.6 Å². The maximum Gasteiger partial charge on any atom is 0.224 e. The number of hydrogen-bond acceptors (Lipinski definition) is 4. The summed E-state index contributed by atoms with van der Waals surface area (Å²) < 4.78 is 5.80. The molecule has 4 rings (SSSR count). The van der Waals surface area contributed by atoms with Crippen molar-refractivity contribution in [2.75, 3.05) is 26.2 Å². The first-order valence-electron chi connectivity index (χ1n) is 11.5. The van der Waals surface area contributed by atoms with Gasteiger partial charge in [0.15, 0.2) is 5.78 Å². The molecule has 6 heteroatoms. The van der Waals surface area contributed by atoms with Crippen molar-refractivity contribution in [3.63, 3.8) is 0 Å². The maximum atomic E-state index is 13.1. The molecule has 0 bridgehead atoms. The molecule has 168 valence electrons. The lowest BCUT2D eigenvalue weighted by atomic mass is 9.90. The van der Waals surface area contributed by atoms with Crippen LogP contribution in [0.1, 0.15) is 48.9 Å². The molecule has 0 saturated carbocycles. The number of likely N-dealkylation sites (tertiary alicyclic amines) is 2. The number of ether oxygens (including phenoxy) is 1. The molecule has 32 heavy (non-hydrogen) atoms. The lowest BCUT2D eigenvalue weighted by molar-refractivity contribution is -0.136. The van der Waals surface area contributed by atoms with E-state index in [0.717, 1.165) is 38.0 Å². The fraction of sp³-hybridized carbons (Fsp3) is 0.423. The standard InChI is InChI=1S/C26H30N2O4/c29-24-10-4-5-16-27(24)18-15-25(30)28-17-6-7-21(19-28)26(31)20-11-13-23(14-12-20)32-22-8-2-1-3-9-22/h1-3,8-9,11-14,21H,4-7,10,15-19H2. The number of ketones is 1. The fourth-order valence-corrected chi connectivity index (χ4v) is 4.45. The number of hydrogen-bond donors (Lipinski definition) is 0. The summed E-state index contributed by atoms with van der Waals surface area (Å²) in [6, 6.07) is 16.7. The van der Waals surface area contributed by atoms with Gasteiger partial charge in [0.05, 0.1) is 0 Å². The van der Waals surface area contributed by atoms with E-state index in [1.165, 1.54) is 0 Å². The number of piperidine rings is 2. The summed E-state index contributed by atoms with van der Waals surface area (Å²) in [4.78, 5) is 41.3. The van der Waals surface area contributed by atoms with E-state index in [0.29, 0.717) is 43.8 Å². The highest BCUT2D eigenvalue weighted by molar-refractivity contribution is 5.98. The van der Waals surface area contributed by atoms with E-state index in [1.807, 2.05) is 42.5 Å². The molecule has 2 fully saturated rings. The third-order valence-corrected chi connectivity index (χ3v) is 6.28. The van der Waals surface area contributed by atoms with Gasteiger partial charge in [0.25, 0.3) is 0 Å². The van der Waals surface area contributed by atoms with Gasteiger partial charge in [0.1, 0.15) is 11.5 Å². The fourth-order valence-electron chi connectivity index (χ4n) is 4.45. The molecule has 2 aliphatic heterocycles. The summed E-state index contributed by atoms with van der Waals surface area (Å²) >= 11 is 0. The van der Waals surface area contributed by atoms with Crippen LogP contribution >= 0.6 is 0 Å². The molecule has 0 aromatic heterocycles. The van der Waals surface area contributed by atoms with Crippen molar-refractivity contribution in [2.24, 2.45) is 5.92 Å². The zero-order valence-electron chi connectivity index (χ0n) is 18.4. The highest BCUT2D eigenvalue weighted by Gasteiger charge is 2.29. The number of Topliss-reactive ketones (excluding diaryl/α,β-unsaturated/α-hetero) is 1. The van der Waals surface area contributed by atoms with Gasteiger partial charge < -0.3 is 14.5 Å². The van der Waals surface area contributed by atoms with E-state index in [4.69, 9.17) is 4.74 Å². The van der Waals surface area contributed by atoms with Gasteiger partial charge in [-0.2, -0.15) is 0 Å². The third-order valence-electron chi connectivity index (χ3n) is 6.28. The summed E-state index contributed by atoms with van der Waals surface area (Å²) in [6.45, 7) is 2.36. The molecule has 2 heterocycles. The Hall–Kier alpha value is -3.15. The zero-order chi connectivity index (χ0) is 22.3. The Labute approximate surface area is 189 Å². The summed E-state index contributed by atoms with van der Waals surface area (Å²) in [5.74, 6) is 1.49. The van der Waals surface area contributed by atoms with Crippen LogP contribution in [-0.4, -0.2) is 53.6 Å². The Morgan fingerprint density at radius 3 is 2.41 bits per heavy atom. The number of carbonyl (C=O) groups excluding carboxylic acids is 3. The van der Waals surface area contributed by atoms with Crippen molar-refractivity contribution in [3.8, 4) is 11.5 Å². The average Bonchev–Trinajstić information content (AvgIpc) is 2.84. The van der Waals surface area contributed by atoms with Crippen LogP contribution < -0.4 is 4.74 Å². The van der Waals surface area contributed by atoms with Gasteiger partial charge in [0, 0.05) is 50.5 Å². The second kappa shape index (κ2) is 10.4. The van der Waals surface area contributed by atoms with E-state index in [1.54, 1.807) is 21.9 Å². The largest absolute Gasteiger partial charge is 0.457 e. The van der Waals surface area contributed by atoms with E-state index in [9.17, 15) is 14.4 Å². The molecule has 2 saturated heterocycles. The first kappa shape index (κ1) is 22.1. The molecule has 0 N–H and O–H groups in total. The van der Waals surface area contributed by atoms with Gasteiger partial charge in [-0.05, 0) is 62.1 Å². The Balaban J connectivity index is 1.30. The maximum absolute atomic E-state index is 13.1. The van der Waals surface area contributed by atoms with Crippen LogP contribution in [0.25, 0.3) is 0 Å². The zero-order valence-corrected chi connectivity index (χ0v) is 18.4. The first-order chi connectivity index (χ1) is 15.6. The van der Waals surface area contributed by atoms with Gasteiger partial charge in [-0.3, -0.25) is 14.4 Å². The summed E-state index contributed by atoms with van der Waals surface area (Å²) in [6.07, 6.45) is 4.48. The SMILES string of the molecule is O=C(c1ccc(Oc2ccccc2)cc1)C1CCCN(C(=O)CCN2CCCCC2=O)C1. The lowest BCUT2D eigenvalue weighted by Crippen LogP contribution is -2.44. The average molecular weight is 435 g/mol. The van der Waals surface area contributed by atoms with Gasteiger partial charge in [0.2, 0.25) is 11.8 Å². The molecule has 1 unspecified atom stereocenters. The molecule has 1 atom stereocenters. The number of carbonyl (C=O) groups is 3. The van der Waals surface area contributed by atoms with Crippen LogP contribution in [-0.2, 0) is 9.59 Å². The Morgan fingerprint density at radius 1 is 0.906 bits per heavy atom. The Kier molecular flexibility index (Phi) is 7.20. The van der Waals surface area contributed by atoms with E-state index < -0.39 is 0 Å². The molecular weight excluding hydrogens is 404 g/mol. The van der Waals surface area contributed by atoms with Crippen LogP contribution in [0.3, 0.4) is 0 Å². The lowest BCUT2D eigenvalue weighted by Gasteiger charge is -2.33. The van der Waals surface area contributed by atoms with Crippen molar-refractivity contribution in [1.29, 1.82) is 0 Å². The molecule has 2 aromatic rings. The second-order valence-corrected chi connectivity index (χ2v) is 8.57. The van der Waals surface area contributed by atoms with E-state index in [2.05, 4.69) is 0 Å². The molecule has 0 spiro atoms. The van der Waals surface area contributed by atoms with Gasteiger partial charge in [-0.15, -0.1) is 0 Å². The van der Waals surface area contributed by atoms with Gasteiger partial charge >= 0.3 is 0 Å². The van der Waals surface area contributed by atoms with E-state index in [-0.39, 0.29) is 23.5 Å². The molecule has 2 amide bonds. The number of nitrogens with zero attached hydrogens (tertiary/aromatic N) is 2. The predicted molar refractivity (Wildman–Crippen MR) is 122 cm³/mol. The van der Waals surface area contributed by atoms with Gasteiger partial charge in [-0.1, -0.05) is 18.2 Å². The van der Waals surface area contributed by atoms with Crippen LogP contribution in [0.4, 0.5) is 0 Å². The van der Waals surface area contributed by atoms with Crippen molar-refractivity contribution < 1.29 is 19.1 Å². The number of rotatable bonds is 7. The minimum absolute atomic E-state index is 0.0347. The smallest absolute Gasteiger partial charge is 0.224 e. The number of para-hydroxylation sites is 1. The highest BCUT2D eigenvalue weighted by atomic mass is 16.5. The molecule has 6 nitrogen and oxygen atoms in total. The third kappa shape index (κ3) is 5.55. The van der Waals surface area contributed by atoms with Crippen molar-refractivity contribution in [2.45, 2.75) is 38.5 Å². The van der Waals surface area contributed by atoms with Crippen LogP contribution in [0.5, 0.6) is 11.5 Å². The van der Waals surface area contributed by atoms with E-state index >= 15 is 0 Å². The summed E-state index contributed by atoms with van der Waals surface area (Å²) in [5.41, 5.74) is 0.642. The number of amides is 2. The topological polar surface area (TPSA) is 66.9 Å². The number of benzene rings is 2. The minimum atomic E-state index is -0.190. The predicted octanol–water partition coefficient (Wildman–Crippen LogP) is 4.30. The molecule has 2 aliphatic rings. The second-order valence-electron chi connectivity index (χ2n) is 8.57. The Morgan fingerprint density at radius 2 is 1.66 bits per heavy atom. The van der Waals surface area contributed by atoms with Crippen molar-refractivity contribution in [1.82, 2.24) is 9.80 Å².